The summed E-state index contributed by atoms with van der Waals surface area (Å²) in [4.78, 5) is 18.2. The van der Waals surface area contributed by atoms with Gasteiger partial charge in [0.2, 0.25) is 0 Å². The van der Waals surface area contributed by atoms with Gasteiger partial charge < -0.3 is 14.7 Å². The maximum absolute atomic E-state index is 11.0. The highest BCUT2D eigenvalue weighted by Gasteiger charge is 2.21. The van der Waals surface area contributed by atoms with E-state index in [4.69, 9.17) is 14.8 Å². The second-order valence-electron chi connectivity index (χ2n) is 7.37. The summed E-state index contributed by atoms with van der Waals surface area (Å²) in [6, 6.07) is 13.1. The van der Waals surface area contributed by atoms with E-state index in [1.54, 1.807) is 29.5 Å². The number of piperidine rings is 1. The lowest BCUT2D eigenvalue weighted by Gasteiger charge is -2.31. The Balaban J connectivity index is 1.27. The number of fused-ring (bicyclic) bond motifs is 1. The molecule has 146 valence electrons. The summed E-state index contributed by atoms with van der Waals surface area (Å²) in [6.07, 6.45) is 3.26. The first-order valence-corrected chi connectivity index (χ1v) is 10.5. The third kappa shape index (κ3) is 4.28. The topological polar surface area (TPSA) is 62.7 Å². The van der Waals surface area contributed by atoms with Crippen LogP contribution in [-0.4, -0.2) is 35.8 Å². The molecule has 5 nitrogen and oxygen atoms in total. The Hall–Kier alpha value is -2.60. The van der Waals surface area contributed by atoms with Crippen molar-refractivity contribution in [2.45, 2.75) is 26.2 Å². The molecule has 1 saturated heterocycles. The summed E-state index contributed by atoms with van der Waals surface area (Å²) in [5, 5.41) is 10.2. The van der Waals surface area contributed by atoms with E-state index in [2.05, 4.69) is 30.0 Å². The molecule has 28 heavy (non-hydrogen) atoms. The maximum atomic E-state index is 11.0. The van der Waals surface area contributed by atoms with E-state index in [-0.39, 0.29) is 5.56 Å². The average molecular weight is 397 g/mol. The van der Waals surface area contributed by atoms with Gasteiger partial charge in [-0.1, -0.05) is 23.5 Å². The minimum atomic E-state index is -0.928. The van der Waals surface area contributed by atoms with Crippen LogP contribution in [0.4, 0.5) is 5.13 Å². The zero-order valence-electron chi connectivity index (χ0n) is 15.9. The van der Waals surface area contributed by atoms with Gasteiger partial charge in [0.05, 0.1) is 22.4 Å². The quantitative estimate of drug-likeness (QED) is 0.636. The molecule has 0 bridgehead atoms. The van der Waals surface area contributed by atoms with Crippen LogP contribution < -0.4 is 9.64 Å². The largest absolute Gasteiger partial charge is 0.494 e. The van der Waals surface area contributed by atoms with Crippen LogP contribution in [0.2, 0.25) is 0 Å². The Morgan fingerprint density at radius 3 is 2.86 bits per heavy atom. The van der Waals surface area contributed by atoms with Crippen LogP contribution in [-0.2, 0) is 0 Å². The first-order valence-electron chi connectivity index (χ1n) is 9.67. The van der Waals surface area contributed by atoms with Crippen molar-refractivity contribution in [3.63, 3.8) is 0 Å². The fourth-order valence-electron chi connectivity index (χ4n) is 3.63. The highest BCUT2D eigenvalue weighted by atomic mass is 32.1. The zero-order chi connectivity index (χ0) is 19.5. The normalized spacial score (nSPS) is 15.1. The van der Waals surface area contributed by atoms with Crippen molar-refractivity contribution in [2.24, 2.45) is 5.92 Å². The van der Waals surface area contributed by atoms with Gasteiger partial charge in [0, 0.05) is 13.1 Å². The number of aromatic nitrogens is 1. The highest BCUT2D eigenvalue weighted by molar-refractivity contribution is 7.22. The third-order valence-electron chi connectivity index (χ3n) is 5.29. The Kier molecular flexibility index (Phi) is 5.48. The predicted octanol–water partition coefficient (Wildman–Crippen LogP) is 4.99. The van der Waals surface area contributed by atoms with Crippen molar-refractivity contribution < 1.29 is 14.6 Å². The van der Waals surface area contributed by atoms with Crippen LogP contribution in [0.1, 0.15) is 35.2 Å². The number of hydrogen-bond acceptors (Lipinski definition) is 5. The molecule has 0 amide bonds. The molecular formula is C22H24N2O3S. The molecule has 3 aromatic rings. The average Bonchev–Trinajstić information content (AvgIpc) is 3.12. The number of aromatic carboxylic acids is 1. The van der Waals surface area contributed by atoms with E-state index in [1.165, 1.54) is 10.3 Å². The number of carboxylic acids is 1. The molecule has 0 atom stereocenters. The summed E-state index contributed by atoms with van der Waals surface area (Å²) in [5.74, 6) is 0.334. The molecule has 2 aromatic carbocycles. The van der Waals surface area contributed by atoms with Gasteiger partial charge in [-0.05, 0) is 68.0 Å². The molecule has 0 aliphatic carbocycles. The lowest BCUT2D eigenvalue weighted by molar-refractivity contribution is 0.0696. The van der Waals surface area contributed by atoms with Gasteiger partial charge in [0.15, 0.2) is 5.13 Å². The van der Waals surface area contributed by atoms with Crippen molar-refractivity contribution >= 4 is 32.7 Å². The number of benzene rings is 2. The van der Waals surface area contributed by atoms with E-state index in [9.17, 15) is 4.79 Å². The summed E-state index contributed by atoms with van der Waals surface area (Å²) in [7, 11) is 0. The minimum absolute atomic E-state index is 0.261. The zero-order valence-corrected chi connectivity index (χ0v) is 16.7. The second kappa shape index (κ2) is 8.19. The van der Waals surface area contributed by atoms with Crippen molar-refractivity contribution in [1.29, 1.82) is 0 Å². The number of anilines is 1. The Labute approximate surface area is 168 Å². The number of nitrogens with zero attached hydrogens (tertiary/aromatic N) is 2. The van der Waals surface area contributed by atoms with E-state index < -0.39 is 5.97 Å². The van der Waals surface area contributed by atoms with Crippen LogP contribution in [0.5, 0.6) is 5.75 Å². The fourth-order valence-corrected chi connectivity index (χ4v) is 4.75. The van der Waals surface area contributed by atoms with Crippen molar-refractivity contribution in [3.05, 3.63) is 53.6 Å². The lowest BCUT2D eigenvalue weighted by atomic mass is 9.94. The first kappa shape index (κ1) is 18.7. The van der Waals surface area contributed by atoms with Gasteiger partial charge in [-0.25, -0.2) is 9.78 Å². The minimum Gasteiger partial charge on any atom is -0.494 e. The fraction of sp³-hybridized carbons (Fsp3) is 0.364. The molecular weight excluding hydrogens is 372 g/mol. The number of thiazole rings is 1. The van der Waals surface area contributed by atoms with Gasteiger partial charge in [-0.2, -0.15) is 0 Å². The lowest BCUT2D eigenvalue weighted by Crippen LogP contribution is -2.34. The molecule has 0 saturated carbocycles. The molecule has 1 aromatic heterocycles. The maximum Gasteiger partial charge on any atom is 0.335 e. The van der Waals surface area contributed by atoms with Crippen molar-refractivity contribution in [3.8, 4) is 5.75 Å². The van der Waals surface area contributed by atoms with Gasteiger partial charge in [0.1, 0.15) is 5.75 Å². The summed E-state index contributed by atoms with van der Waals surface area (Å²) in [6.45, 7) is 4.79. The molecule has 2 heterocycles. The molecule has 0 unspecified atom stereocenters. The van der Waals surface area contributed by atoms with Crippen LogP contribution in [0.15, 0.2) is 42.5 Å². The molecule has 0 spiro atoms. The van der Waals surface area contributed by atoms with Crippen LogP contribution in [0.25, 0.3) is 10.2 Å². The van der Waals surface area contributed by atoms with Crippen molar-refractivity contribution in [1.82, 2.24) is 4.98 Å². The summed E-state index contributed by atoms with van der Waals surface area (Å²) < 4.78 is 7.03. The number of carbonyl (C=O) groups is 1. The van der Waals surface area contributed by atoms with Gasteiger partial charge in [-0.3, -0.25) is 0 Å². The highest BCUT2D eigenvalue weighted by Crippen LogP contribution is 2.32. The number of aryl methyl sites for hydroxylation is 1. The third-order valence-corrected chi connectivity index (χ3v) is 6.37. The molecule has 1 aliphatic rings. The Morgan fingerprint density at radius 1 is 1.25 bits per heavy atom. The first-order chi connectivity index (χ1) is 13.6. The standard InChI is InChI=1S/C22H24N2O3S/c1-15-5-6-19-20(13-15)28-22(23-19)24-10-7-16(8-11-24)9-12-27-18-4-2-3-17(14-18)21(25)26/h2-6,13-14,16H,7-12H2,1H3,(H,25,26). The Bertz CT molecular complexity index is 977. The predicted molar refractivity (Wildman–Crippen MR) is 113 cm³/mol. The van der Waals surface area contributed by atoms with Gasteiger partial charge >= 0.3 is 5.97 Å². The van der Waals surface area contributed by atoms with Crippen LogP contribution in [0.3, 0.4) is 0 Å². The number of rotatable bonds is 6. The van der Waals surface area contributed by atoms with E-state index in [0.717, 1.165) is 43.0 Å². The van der Waals surface area contributed by atoms with E-state index in [1.807, 2.05) is 6.07 Å². The summed E-state index contributed by atoms with van der Waals surface area (Å²) in [5.41, 5.74) is 2.62. The molecule has 4 rings (SSSR count). The molecule has 1 fully saturated rings. The Morgan fingerprint density at radius 2 is 2.07 bits per heavy atom. The van der Waals surface area contributed by atoms with E-state index >= 15 is 0 Å². The smallest absolute Gasteiger partial charge is 0.335 e. The van der Waals surface area contributed by atoms with Crippen LogP contribution in [0, 0.1) is 12.8 Å². The molecule has 1 N–H and O–H groups in total. The summed E-state index contributed by atoms with van der Waals surface area (Å²) >= 11 is 1.78. The van der Waals surface area contributed by atoms with Gasteiger partial charge in [-0.15, -0.1) is 0 Å². The van der Waals surface area contributed by atoms with Gasteiger partial charge in [0.25, 0.3) is 0 Å². The van der Waals surface area contributed by atoms with E-state index in [0.29, 0.717) is 18.3 Å². The molecule has 6 heteroatoms. The number of carboxylic acid groups (broad SMARTS) is 1. The number of hydrogen-bond donors (Lipinski definition) is 1. The molecule has 0 radical (unpaired) electrons. The second-order valence-corrected chi connectivity index (χ2v) is 8.38. The SMILES string of the molecule is Cc1ccc2nc(N3CCC(CCOc4cccc(C(=O)O)c4)CC3)sc2c1. The molecule has 1 aliphatic heterocycles. The number of ether oxygens (including phenoxy) is 1. The van der Waals surface area contributed by atoms with Crippen LogP contribution >= 0.6 is 11.3 Å². The van der Waals surface area contributed by atoms with Crippen molar-refractivity contribution in [2.75, 3.05) is 24.6 Å². The monoisotopic (exact) mass is 396 g/mol.